The van der Waals surface area contributed by atoms with E-state index in [9.17, 15) is 19.5 Å². The van der Waals surface area contributed by atoms with Crippen LogP contribution in [0.15, 0.2) is 48.1 Å². The fourth-order valence-corrected chi connectivity index (χ4v) is 9.20. The van der Waals surface area contributed by atoms with Crippen molar-refractivity contribution in [3.8, 4) is 0 Å². The quantitative estimate of drug-likeness (QED) is 0.459. The van der Waals surface area contributed by atoms with E-state index in [-0.39, 0.29) is 29.3 Å². The molecule has 1 aromatic rings. The molecule has 1 saturated heterocycles. The van der Waals surface area contributed by atoms with Crippen LogP contribution in [0.5, 0.6) is 0 Å². The number of hydrogen-bond acceptors (Lipinski definition) is 7. The van der Waals surface area contributed by atoms with Gasteiger partial charge in [0.25, 0.3) is 0 Å². The van der Waals surface area contributed by atoms with Crippen LogP contribution in [0.25, 0.3) is 0 Å². The molecule has 0 bridgehead atoms. The van der Waals surface area contributed by atoms with Crippen LogP contribution >= 0.6 is 0 Å². The average molecular weight is 563 g/mol. The zero-order valence-electron chi connectivity index (χ0n) is 24.6. The lowest BCUT2D eigenvalue weighted by Gasteiger charge is -2.59. The first kappa shape index (κ1) is 28.5. The predicted molar refractivity (Wildman–Crippen MR) is 152 cm³/mol. The van der Waals surface area contributed by atoms with Crippen molar-refractivity contribution in [2.75, 3.05) is 6.61 Å². The van der Waals surface area contributed by atoms with E-state index in [0.29, 0.717) is 24.8 Å². The van der Waals surface area contributed by atoms with Crippen molar-refractivity contribution >= 4 is 17.5 Å². The fraction of sp³-hybridized carbons (Fsp3) is 0.618. The van der Waals surface area contributed by atoms with Crippen LogP contribution in [-0.2, 0) is 30.2 Å². The summed E-state index contributed by atoms with van der Waals surface area (Å²) in [5.74, 6) is -0.679. The van der Waals surface area contributed by atoms with Crippen LogP contribution in [-0.4, -0.2) is 53.3 Å². The van der Waals surface area contributed by atoms with E-state index in [1.165, 1.54) is 0 Å². The van der Waals surface area contributed by atoms with E-state index >= 15 is 0 Å². The van der Waals surface area contributed by atoms with Gasteiger partial charge < -0.3 is 19.3 Å². The molecule has 1 aliphatic heterocycles. The highest BCUT2D eigenvalue weighted by Gasteiger charge is 2.75. The Hall–Kier alpha value is -2.61. The molecule has 4 aliphatic carbocycles. The maximum absolute atomic E-state index is 14.3. The standard InChI is InChI=1S/C34H42O7/c1-5-7-29-40-28-17-25-24-13-12-22-16-23(35)14-15-32(22,3)30(24)26(36)18-33(25,4)34(28,41-29)27(37)19-39-31(38)21-10-8-20(6-2)9-11-21/h8-11,14-16,24-26,28-30,36H,5-7,12-13,17-19H2,1-4H3/t24?,25?,26-,28+,29?,30?,32-,33-,34+/m0/s1. The summed E-state index contributed by atoms with van der Waals surface area (Å²) in [5, 5.41) is 11.8. The SMILES string of the molecule is CCCC1O[C@@H]2CC3C4CCC5=CC(=O)C=C[C@]5(C)C4[C@@H](O)C[C@]3(C)[C@]2(C(=O)COC(=O)c2ccc(CC)cc2)O1. The van der Waals surface area contributed by atoms with Gasteiger partial charge in [-0.15, -0.1) is 0 Å². The van der Waals surface area contributed by atoms with Crippen molar-refractivity contribution in [2.24, 2.45) is 28.6 Å². The zero-order chi connectivity index (χ0) is 29.2. The summed E-state index contributed by atoms with van der Waals surface area (Å²) in [6.07, 6.45) is 8.72. The maximum Gasteiger partial charge on any atom is 0.338 e. The number of ether oxygens (including phenoxy) is 3. The maximum atomic E-state index is 14.3. The van der Waals surface area contributed by atoms with Crippen molar-refractivity contribution in [3.63, 3.8) is 0 Å². The first-order chi connectivity index (χ1) is 19.6. The van der Waals surface area contributed by atoms with E-state index in [1.54, 1.807) is 24.3 Å². The third kappa shape index (κ3) is 4.22. The van der Waals surface area contributed by atoms with Crippen molar-refractivity contribution in [2.45, 2.75) is 96.7 Å². The highest BCUT2D eigenvalue weighted by Crippen LogP contribution is 2.69. The Morgan fingerprint density at radius 1 is 1.15 bits per heavy atom. The molecule has 5 aliphatic rings. The summed E-state index contributed by atoms with van der Waals surface area (Å²) < 4.78 is 18.7. The molecule has 0 spiro atoms. The Kier molecular flexibility index (Phi) is 7.15. The van der Waals surface area contributed by atoms with E-state index in [2.05, 4.69) is 20.8 Å². The molecule has 7 heteroatoms. The van der Waals surface area contributed by atoms with E-state index < -0.39 is 47.5 Å². The highest BCUT2D eigenvalue weighted by molar-refractivity contribution is 6.01. The van der Waals surface area contributed by atoms with Gasteiger partial charge in [-0.25, -0.2) is 4.79 Å². The van der Waals surface area contributed by atoms with Gasteiger partial charge in [0, 0.05) is 16.7 Å². The van der Waals surface area contributed by atoms with Crippen LogP contribution in [0.2, 0.25) is 0 Å². The highest BCUT2D eigenvalue weighted by atomic mass is 16.7. The number of carbonyl (C=O) groups is 3. The number of ketones is 2. The molecular weight excluding hydrogens is 520 g/mol. The predicted octanol–water partition coefficient (Wildman–Crippen LogP) is 5.14. The number of allylic oxidation sites excluding steroid dienone is 4. The fourth-order valence-electron chi connectivity index (χ4n) is 9.20. The lowest BCUT2D eigenvalue weighted by molar-refractivity contribution is -0.200. The van der Waals surface area contributed by atoms with Gasteiger partial charge in [-0.2, -0.15) is 0 Å². The van der Waals surface area contributed by atoms with Gasteiger partial charge in [-0.1, -0.05) is 57.9 Å². The van der Waals surface area contributed by atoms with Gasteiger partial charge >= 0.3 is 5.97 Å². The van der Waals surface area contributed by atoms with Gasteiger partial charge in [0.1, 0.15) is 0 Å². The van der Waals surface area contributed by atoms with Crippen molar-refractivity contribution < 1.29 is 33.7 Å². The van der Waals surface area contributed by atoms with Crippen LogP contribution in [0, 0.1) is 28.6 Å². The van der Waals surface area contributed by atoms with E-state index in [4.69, 9.17) is 14.2 Å². The monoisotopic (exact) mass is 562 g/mol. The molecule has 220 valence electrons. The number of aliphatic hydroxyl groups excluding tert-OH is 1. The molecule has 1 aromatic carbocycles. The summed E-state index contributed by atoms with van der Waals surface area (Å²) >= 11 is 0. The molecule has 0 amide bonds. The number of fused-ring (bicyclic) bond motifs is 7. The molecule has 0 radical (unpaired) electrons. The summed E-state index contributed by atoms with van der Waals surface area (Å²) in [7, 11) is 0. The largest absolute Gasteiger partial charge is 0.454 e. The number of aryl methyl sites for hydroxylation is 1. The number of rotatable bonds is 7. The second kappa shape index (κ2) is 10.3. The molecule has 1 N–H and O–H groups in total. The minimum absolute atomic E-state index is 0.00521. The Bertz CT molecular complexity index is 1300. The number of aliphatic hydroxyl groups is 1. The van der Waals surface area contributed by atoms with Gasteiger partial charge in [-0.3, -0.25) is 9.59 Å². The van der Waals surface area contributed by atoms with Crippen LogP contribution < -0.4 is 0 Å². The van der Waals surface area contributed by atoms with E-state index in [0.717, 1.165) is 36.8 Å². The molecule has 9 atom stereocenters. The van der Waals surface area contributed by atoms with Gasteiger partial charge in [0.2, 0.25) is 5.78 Å². The summed E-state index contributed by atoms with van der Waals surface area (Å²) in [6.45, 7) is 7.91. The van der Waals surface area contributed by atoms with Crippen LogP contribution in [0.1, 0.15) is 82.1 Å². The topological polar surface area (TPSA) is 99.1 Å². The van der Waals surface area contributed by atoms with Gasteiger partial charge in [-0.05, 0) is 80.2 Å². The first-order valence-electron chi connectivity index (χ1n) is 15.3. The lowest BCUT2D eigenvalue weighted by Crippen LogP contribution is -2.63. The summed E-state index contributed by atoms with van der Waals surface area (Å²) in [4.78, 5) is 39.3. The molecule has 0 aromatic heterocycles. The Labute approximate surface area is 242 Å². The average Bonchev–Trinajstić information content (AvgIpc) is 3.44. The summed E-state index contributed by atoms with van der Waals surface area (Å²) in [5.41, 5.74) is 0.214. The molecule has 6 rings (SSSR count). The number of benzene rings is 1. The van der Waals surface area contributed by atoms with Crippen LogP contribution in [0.4, 0.5) is 0 Å². The Morgan fingerprint density at radius 2 is 1.90 bits per heavy atom. The normalized spacial score (nSPS) is 40.7. The molecular formula is C34H42O7. The molecule has 41 heavy (non-hydrogen) atoms. The van der Waals surface area contributed by atoms with Gasteiger partial charge in [0.15, 0.2) is 24.3 Å². The molecule has 1 heterocycles. The van der Waals surface area contributed by atoms with Crippen LogP contribution in [0.3, 0.4) is 0 Å². The smallest absolute Gasteiger partial charge is 0.338 e. The number of esters is 1. The van der Waals surface area contributed by atoms with Crippen molar-refractivity contribution in [3.05, 3.63) is 59.2 Å². The molecule has 4 unspecified atom stereocenters. The third-order valence-corrected chi connectivity index (χ3v) is 11.2. The van der Waals surface area contributed by atoms with Crippen molar-refractivity contribution in [1.29, 1.82) is 0 Å². The number of hydrogen-bond donors (Lipinski definition) is 1. The minimum atomic E-state index is -1.30. The lowest BCUT2D eigenvalue weighted by atomic mass is 9.46. The van der Waals surface area contributed by atoms with Gasteiger partial charge in [0.05, 0.1) is 17.8 Å². The second-order valence-electron chi connectivity index (χ2n) is 13.2. The minimum Gasteiger partial charge on any atom is -0.454 e. The summed E-state index contributed by atoms with van der Waals surface area (Å²) in [6, 6.07) is 7.23. The molecule has 7 nitrogen and oxygen atoms in total. The number of carbonyl (C=O) groups excluding carboxylic acids is 3. The molecule has 4 fully saturated rings. The second-order valence-corrected chi connectivity index (χ2v) is 13.2. The van der Waals surface area contributed by atoms with Crippen molar-refractivity contribution in [1.82, 2.24) is 0 Å². The van der Waals surface area contributed by atoms with E-state index in [1.807, 2.05) is 25.1 Å². The third-order valence-electron chi connectivity index (χ3n) is 11.2. The first-order valence-corrected chi connectivity index (χ1v) is 15.3. The Morgan fingerprint density at radius 3 is 2.61 bits per heavy atom. The zero-order valence-corrected chi connectivity index (χ0v) is 24.6. The molecule has 3 saturated carbocycles. The number of Topliss-reactive ketones (excluding diaryl/α,β-unsaturated/α-hetero) is 1. The Balaban J connectivity index is 1.30.